The molecule has 1 saturated carbocycles. The molecule has 0 spiro atoms. The third-order valence-electron chi connectivity index (χ3n) is 8.76. The highest BCUT2D eigenvalue weighted by atomic mass is 35.5. The molecule has 2 aliphatic heterocycles. The van der Waals surface area contributed by atoms with Gasteiger partial charge in [-0.15, -0.1) is 0 Å². The first-order valence-corrected chi connectivity index (χ1v) is 21.6. The number of carbonyl (C=O) groups excluding carboxylic acids is 6. The number of halogens is 1. The Morgan fingerprint density at radius 3 is 1.40 bits per heavy atom. The van der Waals surface area contributed by atoms with Crippen molar-refractivity contribution in [1.82, 2.24) is 30.9 Å². The van der Waals surface area contributed by atoms with E-state index < -0.39 is 51.0 Å². The van der Waals surface area contributed by atoms with Gasteiger partial charge < -0.3 is 56.1 Å². The molecular formula is C43H58ClN11O13. The quantitative estimate of drug-likeness (QED) is 0.0887. The van der Waals surface area contributed by atoms with Crippen molar-refractivity contribution in [3.63, 3.8) is 0 Å². The normalized spacial score (nSPS) is 17.8. The van der Waals surface area contributed by atoms with Crippen molar-refractivity contribution in [1.29, 1.82) is 0 Å². The SMILES string of the molecule is CC(C)(C)OC(=O)NC1CC(=O)N(c2cccc(N)n2)C1.CC(C)(C)OC(=O)NC1CC(=O)N(c2cccc([N+](=O)[O-])n2)C1.CC(C)(C)OC(=O)NC1CCC(=O)C1.O=[N+]([O-])c1cccc(Cl)n1. The molecule has 2 saturated heterocycles. The molecule has 5 N–H and O–H groups in total. The Kier molecular flexibility index (Phi) is 19.4. The van der Waals surface area contributed by atoms with Crippen LogP contribution >= 0.6 is 11.6 Å². The number of nitrogens with zero attached hydrogens (tertiary/aromatic N) is 7. The second-order valence-electron chi connectivity index (χ2n) is 18.3. The summed E-state index contributed by atoms with van der Waals surface area (Å²) in [6.07, 6.45) is 0.487. The number of amides is 5. The third kappa shape index (κ3) is 20.1. The Morgan fingerprint density at radius 1 is 0.632 bits per heavy atom. The van der Waals surface area contributed by atoms with Crippen LogP contribution in [0.5, 0.6) is 0 Å². The molecule has 24 nitrogen and oxygen atoms in total. The molecule has 3 unspecified atom stereocenters. The fourth-order valence-corrected chi connectivity index (χ4v) is 6.32. The van der Waals surface area contributed by atoms with E-state index in [1.807, 2.05) is 20.8 Å². The number of Topliss-reactive ketones (excluding diaryl/α,β-unsaturated/α-hetero) is 1. The van der Waals surface area contributed by atoms with Crippen molar-refractivity contribution in [2.75, 3.05) is 28.6 Å². The molecule has 370 valence electrons. The predicted octanol–water partition coefficient (Wildman–Crippen LogP) is 6.19. The molecule has 3 aromatic heterocycles. The number of hydrogen-bond donors (Lipinski definition) is 4. The van der Waals surface area contributed by atoms with E-state index in [-0.39, 0.29) is 71.7 Å². The maximum absolute atomic E-state index is 12.1. The summed E-state index contributed by atoms with van der Waals surface area (Å²) in [5, 5.41) is 28.9. The van der Waals surface area contributed by atoms with Crippen LogP contribution in [0.1, 0.15) is 94.4 Å². The van der Waals surface area contributed by atoms with E-state index in [0.29, 0.717) is 31.0 Å². The van der Waals surface area contributed by atoms with Gasteiger partial charge in [0.2, 0.25) is 22.8 Å². The maximum Gasteiger partial charge on any atom is 0.407 e. The van der Waals surface area contributed by atoms with Crippen LogP contribution in [-0.2, 0) is 28.6 Å². The Balaban J connectivity index is 0.000000251. The lowest BCUT2D eigenvalue weighted by molar-refractivity contribution is -0.389. The van der Waals surface area contributed by atoms with Gasteiger partial charge in [-0.2, -0.15) is 0 Å². The largest absolute Gasteiger partial charge is 0.444 e. The lowest BCUT2D eigenvalue weighted by atomic mass is 10.2. The summed E-state index contributed by atoms with van der Waals surface area (Å²) in [5.41, 5.74) is 3.94. The van der Waals surface area contributed by atoms with E-state index in [0.717, 1.165) is 6.42 Å². The molecule has 0 aromatic carbocycles. The molecule has 1 aliphatic carbocycles. The fourth-order valence-electron chi connectivity index (χ4n) is 6.16. The van der Waals surface area contributed by atoms with Gasteiger partial charge in [-0.25, -0.2) is 19.4 Å². The average Bonchev–Trinajstić information content (AvgIpc) is 3.89. The Morgan fingerprint density at radius 2 is 1.03 bits per heavy atom. The van der Waals surface area contributed by atoms with Crippen molar-refractivity contribution in [2.24, 2.45) is 0 Å². The third-order valence-corrected chi connectivity index (χ3v) is 8.97. The zero-order valence-corrected chi connectivity index (χ0v) is 40.0. The average molecular weight is 972 g/mol. The van der Waals surface area contributed by atoms with Gasteiger partial charge in [0.1, 0.15) is 34.2 Å². The molecular weight excluding hydrogens is 914 g/mol. The Bertz CT molecular complexity index is 2320. The molecule has 25 heteroatoms. The molecule has 5 heterocycles. The first-order chi connectivity index (χ1) is 31.5. The molecule has 0 bridgehead atoms. The number of nitrogens with two attached hydrogens (primary N) is 1. The van der Waals surface area contributed by atoms with Gasteiger partial charge in [-0.1, -0.05) is 6.07 Å². The summed E-state index contributed by atoms with van der Waals surface area (Å²) in [4.78, 5) is 104. The number of nitrogens with one attached hydrogen (secondary N) is 3. The second kappa shape index (κ2) is 24.0. The molecule has 3 aliphatic rings. The zero-order valence-electron chi connectivity index (χ0n) is 39.3. The van der Waals surface area contributed by atoms with E-state index in [1.165, 1.54) is 46.2 Å². The number of carbonyl (C=O) groups is 6. The second-order valence-corrected chi connectivity index (χ2v) is 18.7. The highest BCUT2D eigenvalue weighted by molar-refractivity contribution is 6.29. The Labute approximate surface area is 397 Å². The molecule has 3 aromatic rings. The fraction of sp³-hybridized carbons (Fsp3) is 0.512. The van der Waals surface area contributed by atoms with Crippen molar-refractivity contribution in [2.45, 2.75) is 129 Å². The summed E-state index contributed by atoms with van der Waals surface area (Å²) in [5.74, 6) is 0.320. The van der Waals surface area contributed by atoms with E-state index >= 15 is 0 Å². The number of ketones is 1. The number of rotatable bonds is 7. The summed E-state index contributed by atoms with van der Waals surface area (Å²) < 4.78 is 15.4. The first-order valence-electron chi connectivity index (χ1n) is 21.2. The van der Waals surface area contributed by atoms with Crippen LogP contribution in [0.4, 0.5) is 43.5 Å². The van der Waals surface area contributed by atoms with Gasteiger partial charge in [0.25, 0.3) is 0 Å². The lowest BCUT2D eigenvalue weighted by Gasteiger charge is -2.21. The number of hydrogen-bond acceptors (Lipinski definition) is 17. The number of ether oxygens (including phenoxy) is 3. The minimum absolute atomic E-state index is 0.0302. The van der Waals surface area contributed by atoms with Crippen LogP contribution in [-0.4, -0.2) is 109 Å². The standard InChI is InChI=1S/C14H18N4O5.C14H20N4O3.C10H17NO3.C5H3ClN2O2/c1-14(2,3)23-13(20)15-9-7-12(19)17(8-9)10-5-4-6-11(16-10)18(21)22;1-14(2,3)21-13(20)16-9-7-12(19)18(8-9)11-6-4-5-10(15)17-11;1-10(2,3)14-9(13)11-7-4-5-8(12)6-7;6-4-2-1-3-5(7-4)8(9)10/h4-6,9H,7-8H2,1-3H3,(H,15,20);4-6,9H,7-8H2,1-3H3,(H2,15,17)(H,16,20);7H,4-6H2,1-3H3,(H,11,13);1-3H. The van der Waals surface area contributed by atoms with Crippen LogP contribution in [0.15, 0.2) is 54.6 Å². The summed E-state index contributed by atoms with van der Waals surface area (Å²) >= 11 is 5.37. The molecule has 3 fully saturated rings. The summed E-state index contributed by atoms with van der Waals surface area (Å²) in [6, 6.07) is 12.8. The molecule has 3 atom stereocenters. The van der Waals surface area contributed by atoms with Crippen LogP contribution in [0.3, 0.4) is 0 Å². The van der Waals surface area contributed by atoms with Gasteiger partial charge in [0.15, 0.2) is 0 Å². The van der Waals surface area contributed by atoms with Crippen LogP contribution < -0.4 is 31.5 Å². The number of nitro groups is 2. The van der Waals surface area contributed by atoms with Crippen molar-refractivity contribution < 1.29 is 52.8 Å². The number of pyridine rings is 3. The van der Waals surface area contributed by atoms with Gasteiger partial charge >= 0.3 is 29.9 Å². The Hall–Kier alpha value is -7.24. The van der Waals surface area contributed by atoms with Crippen LogP contribution in [0.25, 0.3) is 0 Å². The van der Waals surface area contributed by atoms with Gasteiger partial charge in [0.05, 0.1) is 18.6 Å². The van der Waals surface area contributed by atoms with Crippen molar-refractivity contribution in [3.05, 3.63) is 80.0 Å². The van der Waals surface area contributed by atoms with Crippen LogP contribution in [0, 0.1) is 20.2 Å². The van der Waals surface area contributed by atoms with Gasteiger partial charge in [-0.05, 0) is 124 Å². The van der Waals surface area contributed by atoms with E-state index in [4.69, 9.17) is 31.5 Å². The van der Waals surface area contributed by atoms with Gasteiger partial charge in [-0.3, -0.25) is 24.2 Å². The van der Waals surface area contributed by atoms with Crippen molar-refractivity contribution >= 4 is 76.6 Å². The van der Waals surface area contributed by atoms with Crippen molar-refractivity contribution in [3.8, 4) is 0 Å². The number of aromatic nitrogens is 3. The highest BCUT2D eigenvalue weighted by Crippen LogP contribution is 2.23. The molecule has 5 amide bonds. The zero-order chi connectivity index (χ0) is 51.1. The highest BCUT2D eigenvalue weighted by Gasteiger charge is 2.36. The number of alkyl carbamates (subject to hydrolysis) is 3. The lowest BCUT2D eigenvalue weighted by Crippen LogP contribution is -2.40. The van der Waals surface area contributed by atoms with Crippen LogP contribution in [0.2, 0.25) is 5.15 Å². The number of nitrogen functional groups attached to an aromatic ring is 1. The van der Waals surface area contributed by atoms with Gasteiger partial charge in [0, 0.05) is 62.5 Å². The number of anilines is 3. The minimum Gasteiger partial charge on any atom is -0.444 e. The first kappa shape index (κ1) is 55.1. The van der Waals surface area contributed by atoms with E-state index in [1.54, 1.807) is 59.7 Å². The summed E-state index contributed by atoms with van der Waals surface area (Å²) in [7, 11) is 0. The molecule has 68 heavy (non-hydrogen) atoms. The monoisotopic (exact) mass is 971 g/mol. The smallest absolute Gasteiger partial charge is 0.407 e. The summed E-state index contributed by atoms with van der Waals surface area (Å²) in [6.45, 7) is 16.6. The molecule has 6 rings (SSSR count). The minimum atomic E-state index is -0.631. The molecule has 0 radical (unpaired) electrons. The van der Waals surface area contributed by atoms with E-state index in [9.17, 15) is 49.0 Å². The van der Waals surface area contributed by atoms with E-state index in [2.05, 4.69) is 30.9 Å². The topological polar surface area (TPSA) is 324 Å². The maximum atomic E-state index is 12.1. The predicted molar refractivity (Wildman–Crippen MR) is 248 cm³/mol.